The molecule has 0 saturated heterocycles. The summed E-state index contributed by atoms with van der Waals surface area (Å²) in [6.07, 6.45) is 7.02. The van der Waals surface area contributed by atoms with Gasteiger partial charge in [-0.25, -0.2) is 4.79 Å². The molecule has 0 radical (unpaired) electrons. The van der Waals surface area contributed by atoms with Crippen LogP contribution in [0.4, 0.5) is 4.79 Å². The first-order valence-corrected chi connectivity index (χ1v) is 6.94. The van der Waals surface area contributed by atoms with Crippen molar-refractivity contribution >= 4 is 12.0 Å². The highest BCUT2D eigenvalue weighted by atomic mass is 16.4. The van der Waals surface area contributed by atoms with Crippen LogP contribution in [-0.2, 0) is 4.79 Å². The fourth-order valence-corrected chi connectivity index (χ4v) is 2.60. The van der Waals surface area contributed by atoms with Crippen molar-refractivity contribution in [2.75, 3.05) is 13.1 Å². The molecule has 2 atom stereocenters. The zero-order chi connectivity index (χ0) is 14.3. The van der Waals surface area contributed by atoms with Gasteiger partial charge in [0, 0.05) is 12.6 Å². The molecule has 1 aliphatic rings. The summed E-state index contributed by atoms with van der Waals surface area (Å²) in [6.45, 7) is 5.68. The quantitative estimate of drug-likeness (QED) is 0.726. The van der Waals surface area contributed by atoms with Crippen molar-refractivity contribution in [1.29, 1.82) is 0 Å². The molecular formula is C14H24N2O3. The van der Waals surface area contributed by atoms with Gasteiger partial charge in [-0.1, -0.05) is 32.3 Å². The smallest absolute Gasteiger partial charge is 0.323 e. The number of hydrogen-bond donors (Lipinski definition) is 2. The number of hydrogen-bond acceptors (Lipinski definition) is 2. The molecule has 0 bridgehead atoms. The fourth-order valence-electron chi connectivity index (χ4n) is 2.60. The van der Waals surface area contributed by atoms with E-state index in [1.54, 1.807) is 0 Å². The summed E-state index contributed by atoms with van der Waals surface area (Å²) in [5.41, 5.74) is 0. The minimum Gasteiger partial charge on any atom is -0.480 e. The number of nitrogens with one attached hydrogen (secondary N) is 1. The monoisotopic (exact) mass is 268 g/mol. The Morgan fingerprint density at radius 3 is 2.79 bits per heavy atom. The summed E-state index contributed by atoms with van der Waals surface area (Å²) in [5.74, 6) is -0.335. The van der Waals surface area contributed by atoms with Crippen LogP contribution in [0.25, 0.3) is 0 Å². The van der Waals surface area contributed by atoms with E-state index in [-0.39, 0.29) is 25.2 Å². The lowest BCUT2D eigenvalue weighted by molar-refractivity contribution is -0.137. The number of rotatable bonds is 6. The number of carbonyl (C=O) groups excluding carboxylic acids is 1. The van der Waals surface area contributed by atoms with Crippen molar-refractivity contribution in [1.82, 2.24) is 10.2 Å². The number of carboxylic acids is 1. The highest BCUT2D eigenvalue weighted by molar-refractivity contribution is 5.80. The lowest BCUT2D eigenvalue weighted by Gasteiger charge is -2.31. The lowest BCUT2D eigenvalue weighted by atomic mass is 9.84. The number of aliphatic carboxylic acids is 1. The van der Waals surface area contributed by atoms with E-state index in [1.807, 2.05) is 0 Å². The number of amides is 2. The average molecular weight is 268 g/mol. The normalized spacial score (nSPS) is 22.6. The summed E-state index contributed by atoms with van der Waals surface area (Å²) in [6, 6.07) is -0.128. The van der Waals surface area contributed by atoms with Gasteiger partial charge in [0.15, 0.2) is 0 Å². The fraction of sp³-hybridized carbons (Fsp3) is 0.714. The van der Waals surface area contributed by atoms with Gasteiger partial charge >= 0.3 is 12.0 Å². The predicted octanol–water partition coefficient (Wildman–Crippen LogP) is 2.24. The first kappa shape index (κ1) is 15.5. The molecule has 19 heavy (non-hydrogen) atoms. The second-order valence-electron chi connectivity index (χ2n) is 5.15. The molecule has 108 valence electrons. The van der Waals surface area contributed by atoms with Crippen molar-refractivity contribution in [2.24, 2.45) is 5.92 Å². The zero-order valence-electron chi connectivity index (χ0n) is 11.6. The van der Waals surface area contributed by atoms with Gasteiger partial charge in [-0.15, -0.1) is 6.58 Å². The summed E-state index contributed by atoms with van der Waals surface area (Å²) >= 11 is 0. The van der Waals surface area contributed by atoms with Crippen LogP contribution in [0.2, 0.25) is 0 Å². The molecule has 0 aliphatic heterocycles. The first-order chi connectivity index (χ1) is 9.06. The topological polar surface area (TPSA) is 69.6 Å². The van der Waals surface area contributed by atoms with Crippen molar-refractivity contribution < 1.29 is 14.7 Å². The van der Waals surface area contributed by atoms with E-state index >= 15 is 0 Å². The molecule has 1 saturated carbocycles. The van der Waals surface area contributed by atoms with Crippen LogP contribution >= 0.6 is 0 Å². The Labute approximate surface area is 114 Å². The van der Waals surface area contributed by atoms with Crippen LogP contribution in [-0.4, -0.2) is 41.1 Å². The maximum Gasteiger partial charge on any atom is 0.323 e. The van der Waals surface area contributed by atoms with Crippen molar-refractivity contribution in [3.63, 3.8) is 0 Å². The Morgan fingerprint density at radius 1 is 1.47 bits per heavy atom. The van der Waals surface area contributed by atoms with Crippen LogP contribution < -0.4 is 5.32 Å². The summed E-state index contributed by atoms with van der Waals surface area (Å²) in [7, 11) is 0. The van der Waals surface area contributed by atoms with Gasteiger partial charge in [0.2, 0.25) is 0 Å². The molecule has 2 unspecified atom stereocenters. The summed E-state index contributed by atoms with van der Waals surface area (Å²) in [4.78, 5) is 24.0. The average Bonchev–Trinajstić information content (AvgIpc) is 2.38. The maximum absolute atomic E-state index is 12.0. The second-order valence-corrected chi connectivity index (χ2v) is 5.15. The Balaban J connectivity index is 2.50. The molecule has 0 heterocycles. The van der Waals surface area contributed by atoms with E-state index in [1.165, 1.54) is 17.4 Å². The van der Waals surface area contributed by atoms with Gasteiger partial charge < -0.3 is 15.3 Å². The van der Waals surface area contributed by atoms with Crippen LogP contribution in [0.3, 0.4) is 0 Å². The second kappa shape index (κ2) is 7.81. The molecule has 2 amide bonds. The van der Waals surface area contributed by atoms with E-state index in [0.29, 0.717) is 5.92 Å². The van der Waals surface area contributed by atoms with Crippen LogP contribution in [0.15, 0.2) is 12.7 Å². The largest absolute Gasteiger partial charge is 0.480 e. The standard InChI is InChI=1S/C14H24N2O3/c1-3-8-16(10-13(17)18)14(19)15-12-7-5-6-11(4-2)9-12/h3,11-12H,1,4-10H2,2H3,(H,15,19)(H,17,18). The molecule has 2 N–H and O–H groups in total. The minimum absolute atomic E-state index is 0.173. The van der Waals surface area contributed by atoms with Gasteiger partial charge in [-0.3, -0.25) is 4.79 Å². The SMILES string of the molecule is C=CCN(CC(=O)O)C(=O)NC1CCCC(CC)C1. The maximum atomic E-state index is 12.0. The minimum atomic E-state index is -1.01. The number of urea groups is 1. The predicted molar refractivity (Wildman–Crippen MR) is 74.0 cm³/mol. The number of carboxylic acid groups (broad SMARTS) is 1. The summed E-state index contributed by atoms with van der Waals surface area (Å²) in [5, 5.41) is 11.7. The Kier molecular flexibility index (Phi) is 6.39. The lowest BCUT2D eigenvalue weighted by Crippen LogP contribution is -2.48. The molecular weight excluding hydrogens is 244 g/mol. The van der Waals surface area contributed by atoms with Gasteiger partial charge in [0.25, 0.3) is 0 Å². The van der Waals surface area contributed by atoms with Crippen LogP contribution in [0, 0.1) is 5.92 Å². The Morgan fingerprint density at radius 2 is 2.21 bits per heavy atom. The van der Waals surface area contributed by atoms with Gasteiger partial charge in [-0.2, -0.15) is 0 Å². The molecule has 1 fully saturated rings. The van der Waals surface area contributed by atoms with Gasteiger partial charge in [-0.05, 0) is 18.8 Å². The molecule has 0 spiro atoms. The van der Waals surface area contributed by atoms with Crippen LogP contribution in [0.5, 0.6) is 0 Å². The number of nitrogens with zero attached hydrogens (tertiary/aromatic N) is 1. The van der Waals surface area contributed by atoms with E-state index in [0.717, 1.165) is 25.7 Å². The van der Waals surface area contributed by atoms with Crippen LogP contribution in [0.1, 0.15) is 39.0 Å². The molecule has 0 aromatic heterocycles. The molecule has 5 heteroatoms. The van der Waals surface area contributed by atoms with Crippen molar-refractivity contribution in [2.45, 2.75) is 45.1 Å². The zero-order valence-corrected chi connectivity index (χ0v) is 11.6. The molecule has 1 rings (SSSR count). The first-order valence-electron chi connectivity index (χ1n) is 6.94. The van der Waals surface area contributed by atoms with E-state index in [4.69, 9.17) is 5.11 Å². The van der Waals surface area contributed by atoms with E-state index in [2.05, 4.69) is 18.8 Å². The molecule has 0 aromatic carbocycles. The highest BCUT2D eigenvalue weighted by Crippen LogP contribution is 2.26. The Bertz CT molecular complexity index is 331. The summed E-state index contributed by atoms with van der Waals surface area (Å²) < 4.78 is 0. The third kappa shape index (κ3) is 5.32. The third-order valence-corrected chi connectivity index (χ3v) is 3.65. The van der Waals surface area contributed by atoms with E-state index in [9.17, 15) is 9.59 Å². The van der Waals surface area contributed by atoms with Crippen molar-refractivity contribution in [3.05, 3.63) is 12.7 Å². The van der Waals surface area contributed by atoms with E-state index < -0.39 is 5.97 Å². The number of carbonyl (C=O) groups is 2. The highest BCUT2D eigenvalue weighted by Gasteiger charge is 2.24. The third-order valence-electron chi connectivity index (χ3n) is 3.65. The van der Waals surface area contributed by atoms with Gasteiger partial charge in [0.05, 0.1) is 0 Å². The van der Waals surface area contributed by atoms with Gasteiger partial charge in [0.1, 0.15) is 6.54 Å². The Hall–Kier alpha value is -1.52. The molecule has 0 aromatic rings. The molecule has 1 aliphatic carbocycles. The van der Waals surface area contributed by atoms with Crippen molar-refractivity contribution in [3.8, 4) is 0 Å². The molecule has 5 nitrogen and oxygen atoms in total.